The normalized spacial score (nSPS) is 25.8. The van der Waals surface area contributed by atoms with Crippen molar-refractivity contribution < 1.29 is 19.5 Å². The van der Waals surface area contributed by atoms with E-state index < -0.39 is 17.4 Å². The number of carboxylic acid groups (broad SMARTS) is 1. The Balaban J connectivity index is 2.15. The maximum absolute atomic E-state index is 12.3. The van der Waals surface area contributed by atoms with Crippen LogP contribution >= 0.6 is 11.6 Å². The lowest BCUT2D eigenvalue weighted by molar-refractivity contribution is -0.117. The molecule has 0 aromatic heterocycles. The molecule has 2 N–H and O–H groups in total. The van der Waals surface area contributed by atoms with Crippen LogP contribution in [0.2, 0.25) is 0 Å². The SMILES string of the molecule is CC(=O)N1c2ccc(C(=O)Cl)cc2[C@H](NC(=O)O)[C@@H](C)[C@@H]1C1CC1. The molecule has 0 saturated heterocycles. The maximum atomic E-state index is 12.3. The quantitative estimate of drug-likeness (QED) is 0.820. The van der Waals surface area contributed by atoms with E-state index in [9.17, 15) is 19.5 Å². The third-order valence-electron chi connectivity index (χ3n) is 4.93. The van der Waals surface area contributed by atoms with Gasteiger partial charge in [-0.15, -0.1) is 0 Å². The fourth-order valence-electron chi connectivity index (χ4n) is 3.82. The van der Waals surface area contributed by atoms with Gasteiger partial charge in [0.25, 0.3) is 5.24 Å². The minimum atomic E-state index is -1.13. The van der Waals surface area contributed by atoms with Crippen molar-refractivity contribution in [3.05, 3.63) is 29.3 Å². The van der Waals surface area contributed by atoms with Gasteiger partial charge in [-0.1, -0.05) is 6.92 Å². The van der Waals surface area contributed by atoms with Crippen molar-refractivity contribution in [3.8, 4) is 0 Å². The number of benzene rings is 1. The molecule has 3 atom stereocenters. The van der Waals surface area contributed by atoms with Crippen LogP contribution in [-0.2, 0) is 4.79 Å². The van der Waals surface area contributed by atoms with Gasteiger partial charge in [0.2, 0.25) is 5.91 Å². The number of fused-ring (bicyclic) bond motifs is 1. The van der Waals surface area contributed by atoms with E-state index in [4.69, 9.17) is 11.6 Å². The van der Waals surface area contributed by atoms with E-state index in [-0.39, 0.29) is 23.4 Å². The minimum absolute atomic E-state index is 0.0515. The molecular formula is C17H19ClN2O4. The fraction of sp³-hybridized carbons (Fsp3) is 0.471. The molecule has 1 heterocycles. The van der Waals surface area contributed by atoms with Crippen LogP contribution < -0.4 is 10.2 Å². The van der Waals surface area contributed by atoms with Gasteiger partial charge >= 0.3 is 6.09 Å². The summed E-state index contributed by atoms with van der Waals surface area (Å²) >= 11 is 5.57. The van der Waals surface area contributed by atoms with E-state index in [2.05, 4.69) is 5.32 Å². The molecule has 6 nitrogen and oxygen atoms in total. The lowest BCUT2D eigenvalue weighted by atomic mass is 9.79. The van der Waals surface area contributed by atoms with Gasteiger partial charge in [-0.25, -0.2) is 4.79 Å². The van der Waals surface area contributed by atoms with Crippen LogP contribution in [0.25, 0.3) is 0 Å². The van der Waals surface area contributed by atoms with E-state index in [1.165, 1.54) is 6.92 Å². The second-order valence-electron chi connectivity index (χ2n) is 6.55. The smallest absolute Gasteiger partial charge is 0.405 e. The number of hydrogen-bond acceptors (Lipinski definition) is 3. The molecule has 1 aliphatic carbocycles. The summed E-state index contributed by atoms with van der Waals surface area (Å²) in [5, 5.41) is 11.2. The van der Waals surface area contributed by atoms with Crippen LogP contribution in [-0.4, -0.2) is 28.4 Å². The van der Waals surface area contributed by atoms with Gasteiger partial charge in [0, 0.05) is 30.1 Å². The first-order valence-electron chi connectivity index (χ1n) is 7.94. The zero-order valence-corrected chi connectivity index (χ0v) is 14.2. The Morgan fingerprint density at radius 1 is 1.29 bits per heavy atom. The monoisotopic (exact) mass is 350 g/mol. The first kappa shape index (κ1) is 16.8. The molecule has 0 unspecified atom stereocenters. The molecule has 128 valence electrons. The zero-order valence-electron chi connectivity index (χ0n) is 13.5. The van der Waals surface area contributed by atoms with Crippen molar-refractivity contribution in [2.24, 2.45) is 11.8 Å². The molecule has 0 spiro atoms. The number of nitrogens with zero attached hydrogens (tertiary/aromatic N) is 1. The third-order valence-corrected chi connectivity index (χ3v) is 5.15. The average molecular weight is 351 g/mol. The lowest BCUT2D eigenvalue weighted by Gasteiger charge is -2.45. The Kier molecular flexibility index (Phi) is 4.25. The summed E-state index contributed by atoms with van der Waals surface area (Å²) in [7, 11) is 0. The van der Waals surface area contributed by atoms with Crippen LogP contribution in [0.3, 0.4) is 0 Å². The van der Waals surface area contributed by atoms with Gasteiger partial charge in [0.1, 0.15) is 0 Å². The van der Waals surface area contributed by atoms with Crippen molar-refractivity contribution in [2.75, 3.05) is 4.90 Å². The van der Waals surface area contributed by atoms with Gasteiger partial charge in [-0.3, -0.25) is 9.59 Å². The van der Waals surface area contributed by atoms with Crippen molar-refractivity contribution in [2.45, 2.75) is 38.8 Å². The summed E-state index contributed by atoms with van der Waals surface area (Å²) in [6.07, 6.45) is 0.935. The highest BCUT2D eigenvalue weighted by molar-refractivity contribution is 6.67. The zero-order chi connectivity index (χ0) is 17.6. The van der Waals surface area contributed by atoms with Crippen molar-refractivity contribution in [1.82, 2.24) is 5.32 Å². The molecular weight excluding hydrogens is 332 g/mol. The number of carbonyl (C=O) groups excluding carboxylic acids is 2. The number of carbonyl (C=O) groups is 3. The molecule has 0 radical (unpaired) electrons. The second-order valence-corrected chi connectivity index (χ2v) is 6.89. The highest BCUT2D eigenvalue weighted by atomic mass is 35.5. The summed E-state index contributed by atoms with van der Waals surface area (Å²) in [5.41, 5.74) is 1.55. The topological polar surface area (TPSA) is 86.7 Å². The van der Waals surface area contributed by atoms with Gasteiger partial charge in [-0.05, 0) is 54.1 Å². The Bertz CT molecular complexity index is 717. The molecule has 0 bridgehead atoms. The van der Waals surface area contributed by atoms with E-state index in [1.54, 1.807) is 23.1 Å². The van der Waals surface area contributed by atoms with E-state index in [1.807, 2.05) is 6.92 Å². The number of nitrogens with one attached hydrogen (secondary N) is 1. The molecule has 7 heteroatoms. The van der Waals surface area contributed by atoms with Crippen LogP contribution in [0.4, 0.5) is 10.5 Å². The molecule has 1 aromatic rings. The molecule has 24 heavy (non-hydrogen) atoms. The summed E-state index contributed by atoms with van der Waals surface area (Å²) in [6.45, 7) is 3.45. The first-order chi connectivity index (χ1) is 11.3. The van der Waals surface area contributed by atoms with E-state index in [0.717, 1.165) is 12.8 Å². The Hall–Kier alpha value is -2.08. The molecule has 3 rings (SSSR count). The summed E-state index contributed by atoms with van der Waals surface area (Å²) in [4.78, 5) is 36.8. The van der Waals surface area contributed by atoms with Gasteiger partial charge < -0.3 is 15.3 Å². The highest BCUT2D eigenvalue weighted by Crippen LogP contribution is 2.49. The summed E-state index contributed by atoms with van der Waals surface area (Å²) in [5.74, 6) is 0.189. The number of halogens is 1. The van der Waals surface area contributed by atoms with Gasteiger partial charge in [0.05, 0.1) is 6.04 Å². The molecule has 1 saturated carbocycles. The van der Waals surface area contributed by atoms with E-state index >= 15 is 0 Å². The highest BCUT2D eigenvalue weighted by Gasteiger charge is 2.47. The lowest BCUT2D eigenvalue weighted by Crippen LogP contribution is -2.53. The number of rotatable bonds is 3. The summed E-state index contributed by atoms with van der Waals surface area (Å²) in [6, 6.07) is 4.30. The largest absolute Gasteiger partial charge is 0.465 e. The molecule has 1 aromatic carbocycles. The summed E-state index contributed by atoms with van der Waals surface area (Å²) < 4.78 is 0. The third kappa shape index (κ3) is 2.86. The molecule has 1 aliphatic heterocycles. The van der Waals surface area contributed by atoms with Crippen LogP contribution in [0, 0.1) is 11.8 Å². The maximum Gasteiger partial charge on any atom is 0.405 e. The fourth-order valence-corrected chi connectivity index (χ4v) is 3.94. The Labute approximate surface area is 144 Å². The predicted molar refractivity (Wildman–Crippen MR) is 89.4 cm³/mol. The number of amides is 2. The van der Waals surface area contributed by atoms with E-state index in [0.29, 0.717) is 17.2 Å². The molecule has 2 amide bonds. The minimum Gasteiger partial charge on any atom is -0.465 e. The first-order valence-corrected chi connectivity index (χ1v) is 8.32. The van der Waals surface area contributed by atoms with Crippen LogP contribution in [0.1, 0.15) is 48.7 Å². The average Bonchev–Trinajstić information content (AvgIpc) is 3.32. The van der Waals surface area contributed by atoms with Crippen molar-refractivity contribution in [3.63, 3.8) is 0 Å². The van der Waals surface area contributed by atoms with Gasteiger partial charge in [0.15, 0.2) is 0 Å². The van der Waals surface area contributed by atoms with Crippen LogP contribution in [0.5, 0.6) is 0 Å². The number of anilines is 1. The van der Waals surface area contributed by atoms with Gasteiger partial charge in [-0.2, -0.15) is 0 Å². The Morgan fingerprint density at radius 3 is 2.46 bits per heavy atom. The molecule has 2 aliphatic rings. The standard InChI is InChI=1S/C17H19ClN2O4/c1-8-14(19-17(23)24)12-7-11(16(18)22)5-6-13(12)20(9(2)21)15(8)10-3-4-10/h5-8,10,14-15,19H,3-4H2,1-2H3,(H,23,24)/t8-,14-,15-/m1/s1. The molecule has 1 fully saturated rings. The Morgan fingerprint density at radius 2 is 1.96 bits per heavy atom. The predicted octanol–water partition coefficient (Wildman–Crippen LogP) is 3.16. The second kappa shape index (κ2) is 6.09. The van der Waals surface area contributed by atoms with Crippen LogP contribution in [0.15, 0.2) is 18.2 Å². The van der Waals surface area contributed by atoms with Crippen molar-refractivity contribution >= 4 is 34.5 Å². The number of hydrogen-bond donors (Lipinski definition) is 2. The van der Waals surface area contributed by atoms with Crippen molar-refractivity contribution in [1.29, 1.82) is 0 Å².